The first-order valence-corrected chi connectivity index (χ1v) is 11.6. The highest BCUT2D eigenvalue weighted by atomic mass is 79.9. The lowest BCUT2D eigenvalue weighted by molar-refractivity contribution is 0.184. The molecule has 0 saturated carbocycles. The zero-order valence-corrected chi connectivity index (χ0v) is 21.5. The van der Waals surface area contributed by atoms with E-state index < -0.39 is 0 Å². The van der Waals surface area contributed by atoms with E-state index in [1.54, 1.807) is 38.6 Å². The number of aromatic nitrogens is 2. The molecule has 3 aromatic rings. The topological polar surface area (TPSA) is 74.9 Å². The third-order valence-electron chi connectivity index (χ3n) is 4.80. The van der Waals surface area contributed by atoms with Gasteiger partial charge in [0.15, 0.2) is 11.5 Å². The molecule has 8 heteroatoms. The van der Waals surface area contributed by atoms with Crippen molar-refractivity contribution in [3.8, 4) is 17.2 Å². The van der Waals surface area contributed by atoms with Gasteiger partial charge in [-0.25, -0.2) is 4.98 Å². The van der Waals surface area contributed by atoms with Crippen LogP contribution in [0.1, 0.15) is 45.5 Å². The van der Waals surface area contributed by atoms with Gasteiger partial charge in [0.2, 0.25) is 5.75 Å². The van der Waals surface area contributed by atoms with Gasteiger partial charge in [-0.15, -0.1) is 0 Å². The molecule has 0 fully saturated rings. The second-order valence-corrected chi connectivity index (χ2v) is 9.82. The summed E-state index contributed by atoms with van der Waals surface area (Å²) < 4.78 is 19.3. The van der Waals surface area contributed by atoms with Crippen molar-refractivity contribution in [3.05, 3.63) is 56.5 Å². The third kappa shape index (κ3) is 5.93. The number of hydrogen-bond acceptors (Lipinski definition) is 6. The molecule has 0 radical (unpaired) electrons. The normalized spacial score (nSPS) is 11.8. The Hall–Kier alpha value is -2.87. The van der Waals surface area contributed by atoms with E-state index in [0.29, 0.717) is 52.6 Å². The molecular formula is C25H30BrN3O4. The largest absolute Gasteiger partial charge is 0.493 e. The highest BCUT2D eigenvalue weighted by Crippen LogP contribution is 2.39. The molecule has 33 heavy (non-hydrogen) atoms. The number of rotatable bonds is 8. The predicted molar refractivity (Wildman–Crippen MR) is 135 cm³/mol. The van der Waals surface area contributed by atoms with Crippen LogP contribution in [0.4, 0.5) is 0 Å². The van der Waals surface area contributed by atoms with Crippen molar-refractivity contribution >= 4 is 33.0 Å². The summed E-state index contributed by atoms with van der Waals surface area (Å²) in [6.07, 6.45) is 3.07. The van der Waals surface area contributed by atoms with Crippen molar-refractivity contribution in [1.82, 2.24) is 9.66 Å². The first-order valence-electron chi connectivity index (χ1n) is 10.8. The molecule has 0 atom stereocenters. The maximum absolute atomic E-state index is 13.2. The molecule has 0 aliphatic carbocycles. The minimum Gasteiger partial charge on any atom is -0.493 e. The van der Waals surface area contributed by atoms with Gasteiger partial charge in [0.25, 0.3) is 5.56 Å². The number of methoxy groups -OCH3 is 2. The molecular weight excluding hydrogens is 486 g/mol. The lowest BCUT2D eigenvalue weighted by atomic mass is 9.99. The maximum Gasteiger partial charge on any atom is 0.282 e. The second kappa shape index (κ2) is 10.4. The van der Waals surface area contributed by atoms with Crippen molar-refractivity contribution in [2.75, 3.05) is 20.8 Å². The summed E-state index contributed by atoms with van der Waals surface area (Å²) in [6, 6.07) is 9.08. The van der Waals surface area contributed by atoms with Gasteiger partial charge < -0.3 is 14.2 Å². The molecule has 0 saturated heterocycles. The van der Waals surface area contributed by atoms with Crippen LogP contribution in [0.25, 0.3) is 10.9 Å². The smallest absolute Gasteiger partial charge is 0.282 e. The summed E-state index contributed by atoms with van der Waals surface area (Å²) in [4.78, 5) is 17.9. The fraction of sp³-hybridized carbons (Fsp3) is 0.400. The molecule has 7 nitrogen and oxygen atoms in total. The van der Waals surface area contributed by atoms with E-state index >= 15 is 0 Å². The Morgan fingerprint density at radius 1 is 1.12 bits per heavy atom. The molecule has 0 amide bonds. The highest BCUT2D eigenvalue weighted by molar-refractivity contribution is 9.10. The SMILES string of the molecule is CCCc1nc2ccc(Br)cc2c(=O)n1N=Cc1cc(OC)c(OCC(C)(C)C)c(OC)c1. The zero-order valence-electron chi connectivity index (χ0n) is 19.9. The van der Waals surface area contributed by atoms with Crippen molar-refractivity contribution < 1.29 is 14.2 Å². The number of benzene rings is 2. The van der Waals surface area contributed by atoms with Crippen molar-refractivity contribution in [2.24, 2.45) is 10.5 Å². The van der Waals surface area contributed by atoms with Gasteiger partial charge in [0.05, 0.1) is 37.9 Å². The van der Waals surface area contributed by atoms with E-state index in [-0.39, 0.29) is 11.0 Å². The van der Waals surface area contributed by atoms with Crippen LogP contribution in [0.15, 0.2) is 44.7 Å². The summed E-state index contributed by atoms with van der Waals surface area (Å²) in [6.45, 7) is 8.82. The minimum absolute atomic E-state index is 0.0227. The first kappa shape index (κ1) is 24.8. The molecule has 0 N–H and O–H groups in total. The third-order valence-corrected chi connectivity index (χ3v) is 5.30. The Morgan fingerprint density at radius 2 is 1.79 bits per heavy atom. The van der Waals surface area contributed by atoms with Crippen molar-refractivity contribution in [3.63, 3.8) is 0 Å². The van der Waals surface area contributed by atoms with E-state index in [4.69, 9.17) is 14.2 Å². The fourth-order valence-corrected chi connectivity index (χ4v) is 3.59. The van der Waals surface area contributed by atoms with Crippen LogP contribution in [-0.4, -0.2) is 36.7 Å². The number of nitrogens with zero attached hydrogens (tertiary/aromatic N) is 3. The van der Waals surface area contributed by atoms with E-state index in [1.807, 2.05) is 19.1 Å². The quantitative estimate of drug-likeness (QED) is 0.373. The highest BCUT2D eigenvalue weighted by Gasteiger charge is 2.18. The van der Waals surface area contributed by atoms with E-state index in [1.165, 1.54) is 4.68 Å². The monoisotopic (exact) mass is 515 g/mol. The summed E-state index contributed by atoms with van der Waals surface area (Å²) in [5.41, 5.74) is 1.12. The molecule has 0 spiro atoms. The molecule has 3 rings (SSSR count). The van der Waals surface area contributed by atoms with Crippen LogP contribution in [0, 0.1) is 5.41 Å². The lowest BCUT2D eigenvalue weighted by Crippen LogP contribution is -2.22. The standard InChI is InChI=1S/C25H30BrN3O4/c1-7-8-22-28-19-10-9-17(26)13-18(19)24(30)29(22)27-14-16-11-20(31-5)23(21(12-16)32-6)33-15-25(2,3)4/h9-14H,7-8,15H2,1-6H3. The maximum atomic E-state index is 13.2. The van der Waals surface area contributed by atoms with Crippen LogP contribution >= 0.6 is 15.9 Å². The molecule has 176 valence electrons. The zero-order chi connectivity index (χ0) is 24.2. The Labute approximate surface area is 202 Å². The van der Waals surface area contributed by atoms with Gasteiger partial charge in [0, 0.05) is 16.5 Å². The number of aryl methyl sites for hydroxylation is 1. The van der Waals surface area contributed by atoms with Crippen LogP contribution < -0.4 is 19.8 Å². The summed E-state index contributed by atoms with van der Waals surface area (Å²) in [7, 11) is 3.16. The molecule has 0 unspecified atom stereocenters. The second-order valence-electron chi connectivity index (χ2n) is 8.90. The van der Waals surface area contributed by atoms with Gasteiger partial charge in [0.1, 0.15) is 5.82 Å². The van der Waals surface area contributed by atoms with E-state index in [9.17, 15) is 4.79 Å². The van der Waals surface area contributed by atoms with Crippen molar-refractivity contribution in [1.29, 1.82) is 0 Å². The molecule has 0 bridgehead atoms. The van der Waals surface area contributed by atoms with E-state index in [0.717, 1.165) is 10.9 Å². The Balaban J connectivity index is 2.06. The van der Waals surface area contributed by atoms with Gasteiger partial charge in [-0.3, -0.25) is 4.79 Å². The Bertz CT molecular complexity index is 1200. The first-order chi connectivity index (χ1) is 15.7. The van der Waals surface area contributed by atoms with Gasteiger partial charge >= 0.3 is 0 Å². The van der Waals surface area contributed by atoms with Crippen molar-refractivity contribution in [2.45, 2.75) is 40.5 Å². The van der Waals surface area contributed by atoms with Crippen LogP contribution in [0.5, 0.6) is 17.2 Å². The predicted octanol–water partition coefficient (Wildman–Crippen LogP) is 5.44. The number of hydrogen-bond donors (Lipinski definition) is 0. The number of ether oxygens (including phenoxy) is 3. The Kier molecular flexibility index (Phi) is 7.79. The molecule has 2 aromatic carbocycles. The summed E-state index contributed by atoms with van der Waals surface area (Å²) in [5, 5.41) is 4.99. The average molecular weight is 516 g/mol. The minimum atomic E-state index is -0.218. The van der Waals surface area contributed by atoms with Gasteiger partial charge in [-0.1, -0.05) is 43.6 Å². The van der Waals surface area contributed by atoms with Gasteiger partial charge in [-0.05, 0) is 42.2 Å². The summed E-state index contributed by atoms with van der Waals surface area (Å²) in [5.74, 6) is 2.20. The molecule has 1 aromatic heterocycles. The van der Waals surface area contributed by atoms with E-state index in [2.05, 4.69) is 46.8 Å². The lowest BCUT2D eigenvalue weighted by Gasteiger charge is -2.21. The molecule has 0 aliphatic heterocycles. The van der Waals surface area contributed by atoms with Crippen LogP contribution in [0.2, 0.25) is 0 Å². The summed E-state index contributed by atoms with van der Waals surface area (Å²) >= 11 is 3.43. The number of halogens is 1. The fourth-order valence-electron chi connectivity index (χ4n) is 3.23. The molecule has 1 heterocycles. The van der Waals surface area contributed by atoms with Crippen LogP contribution in [0.3, 0.4) is 0 Å². The average Bonchev–Trinajstić information content (AvgIpc) is 2.77. The van der Waals surface area contributed by atoms with Crippen LogP contribution in [-0.2, 0) is 6.42 Å². The molecule has 0 aliphatic rings. The number of fused-ring (bicyclic) bond motifs is 1. The van der Waals surface area contributed by atoms with Gasteiger partial charge in [-0.2, -0.15) is 9.78 Å². The Morgan fingerprint density at radius 3 is 2.36 bits per heavy atom.